The molecule has 8 heteroatoms. The minimum absolute atomic E-state index is 0. The smallest absolute Gasteiger partial charge is 0.193 e. The van der Waals surface area contributed by atoms with Gasteiger partial charge in [0.05, 0.1) is 17.9 Å². The maximum absolute atomic E-state index is 6.09. The highest BCUT2D eigenvalue weighted by atomic mass is 127. The van der Waals surface area contributed by atoms with Crippen LogP contribution in [0.4, 0.5) is 0 Å². The molecule has 3 aliphatic rings. The summed E-state index contributed by atoms with van der Waals surface area (Å²) in [5.41, 5.74) is 3.23. The van der Waals surface area contributed by atoms with Crippen LogP contribution >= 0.6 is 24.0 Å². The summed E-state index contributed by atoms with van der Waals surface area (Å²) in [5.74, 6) is 3.19. The highest BCUT2D eigenvalue weighted by molar-refractivity contribution is 14.0. The number of pyridine rings is 1. The van der Waals surface area contributed by atoms with Gasteiger partial charge in [-0.15, -0.1) is 24.0 Å². The Bertz CT molecular complexity index is 877. The van der Waals surface area contributed by atoms with Crippen molar-refractivity contribution in [1.29, 1.82) is 0 Å². The minimum Gasteiger partial charge on any atom is -0.374 e. The summed E-state index contributed by atoms with van der Waals surface area (Å²) in [6.45, 7) is 6.87. The molecule has 156 valence electrons. The molecule has 0 radical (unpaired) electrons. The average Bonchev–Trinajstić information content (AvgIpc) is 3.45. The fraction of sp³-hybridized carbons (Fsp3) is 0.571. The topological polar surface area (TPSA) is 67.6 Å². The maximum Gasteiger partial charge on any atom is 0.193 e. The van der Waals surface area contributed by atoms with E-state index in [0.29, 0.717) is 30.6 Å². The predicted octanol–water partition coefficient (Wildman–Crippen LogP) is 2.69. The maximum atomic E-state index is 6.09. The van der Waals surface area contributed by atoms with Gasteiger partial charge in [0.15, 0.2) is 11.8 Å². The Kier molecular flexibility index (Phi) is 5.83. The summed E-state index contributed by atoms with van der Waals surface area (Å²) in [7, 11) is 1.87. The fourth-order valence-electron chi connectivity index (χ4n) is 5.15. The van der Waals surface area contributed by atoms with E-state index in [0.717, 1.165) is 41.8 Å². The molecule has 2 bridgehead atoms. The summed E-state index contributed by atoms with van der Waals surface area (Å²) in [6.07, 6.45) is 5.34. The predicted molar refractivity (Wildman–Crippen MR) is 123 cm³/mol. The van der Waals surface area contributed by atoms with Crippen LogP contribution in [0, 0.1) is 25.7 Å². The van der Waals surface area contributed by atoms with E-state index in [9.17, 15) is 0 Å². The van der Waals surface area contributed by atoms with Crippen molar-refractivity contribution in [3.63, 3.8) is 0 Å². The molecular formula is C21H29IN6O. The summed E-state index contributed by atoms with van der Waals surface area (Å²) in [5, 5.41) is 8.01. The number of nitrogens with zero attached hydrogens (tertiary/aromatic N) is 5. The monoisotopic (exact) mass is 508 g/mol. The highest BCUT2D eigenvalue weighted by Gasteiger charge is 2.53. The molecule has 5 rings (SSSR count). The van der Waals surface area contributed by atoms with E-state index >= 15 is 0 Å². The molecule has 29 heavy (non-hydrogen) atoms. The van der Waals surface area contributed by atoms with Gasteiger partial charge in [-0.05, 0) is 44.4 Å². The molecule has 4 atom stereocenters. The van der Waals surface area contributed by atoms with E-state index in [1.54, 1.807) is 0 Å². The fourth-order valence-corrected chi connectivity index (χ4v) is 5.15. The number of likely N-dealkylation sites (tertiary alicyclic amines) is 1. The standard InChI is InChI=1S/C21H28N6O.HI/c1-13-8-14(2)27(25-13)20-7-4-15(9-23-20)10-24-21(22-3)26-11-16-17(12-26)19-6-5-18(16)28-19;/h4,7-9,16-19H,5-6,10-12H2,1-3H3,(H,22,24);1H. The molecular weight excluding hydrogens is 479 g/mol. The third-order valence-corrected chi connectivity index (χ3v) is 6.45. The number of halogens is 1. The van der Waals surface area contributed by atoms with Crippen molar-refractivity contribution < 1.29 is 4.74 Å². The van der Waals surface area contributed by atoms with Crippen LogP contribution in [0.2, 0.25) is 0 Å². The molecule has 1 N–H and O–H groups in total. The van der Waals surface area contributed by atoms with Gasteiger partial charge in [-0.2, -0.15) is 5.10 Å². The molecule has 0 saturated carbocycles. The number of fused-ring (bicyclic) bond motifs is 5. The third-order valence-electron chi connectivity index (χ3n) is 6.45. The van der Waals surface area contributed by atoms with Crippen molar-refractivity contribution in [2.45, 2.75) is 45.4 Å². The Morgan fingerprint density at radius 2 is 1.93 bits per heavy atom. The Balaban J connectivity index is 0.00000205. The quantitative estimate of drug-likeness (QED) is 0.393. The summed E-state index contributed by atoms with van der Waals surface area (Å²) in [6, 6.07) is 6.18. The van der Waals surface area contributed by atoms with Gasteiger partial charge in [-0.1, -0.05) is 6.07 Å². The lowest BCUT2D eigenvalue weighted by Gasteiger charge is -2.23. The second-order valence-electron chi connectivity index (χ2n) is 8.29. The molecule has 0 aromatic carbocycles. The van der Waals surface area contributed by atoms with Crippen LogP contribution in [0.5, 0.6) is 0 Å². The highest BCUT2D eigenvalue weighted by Crippen LogP contribution is 2.47. The van der Waals surface area contributed by atoms with Gasteiger partial charge in [0.25, 0.3) is 0 Å². The van der Waals surface area contributed by atoms with Gasteiger partial charge in [-0.3, -0.25) is 4.99 Å². The molecule has 7 nitrogen and oxygen atoms in total. The van der Waals surface area contributed by atoms with Gasteiger partial charge < -0.3 is 15.0 Å². The lowest BCUT2D eigenvalue weighted by molar-refractivity contribution is 0.0767. The number of hydrogen-bond donors (Lipinski definition) is 1. The first-order valence-corrected chi connectivity index (χ1v) is 10.2. The number of aliphatic imine (C=N–C) groups is 1. The largest absolute Gasteiger partial charge is 0.374 e. The van der Waals surface area contributed by atoms with Crippen LogP contribution < -0.4 is 5.32 Å². The molecule has 0 amide bonds. The number of guanidine groups is 1. The van der Waals surface area contributed by atoms with Crippen LogP contribution in [0.1, 0.15) is 29.8 Å². The average molecular weight is 508 g/mol. The number of nitrogens with one attached hydrogen (secondary N) is 1. The second-order valence-corrected chi connectivity index (χ2v) is 8.29. The zero-order valence-electron chi connectivity index (χ0n) is 17.2. The Morgan fingerprint density at radius 1 is 1.21 bits per heavy atom. The molecule has 3 saturated heterocycles. The van der Waals surface area contributed by atoms with Gasteiger partial charge in [0, 0.05) is 50.4 Å². The summed E-state index contributed by atoms with van der Waals surface area (Å²) in [4.78, 5) is 11.5. The molecule has 2 aromatic heterocycles. The number of aromatic nitrogens is 3. The zero-order chi connectivity index (χ0) is 19.3. The molecule has 0 aliphatic carbocycles. The Hall–Kier alpha value is -1.68. The molecule has 0 spiro atoms. The van der Waals surface area contributed by atoms with Crippen molar-refractivity contribution >= 4 is 29.9 Å². The second kappa shape index (κ2) is 8.22. The van der Waals surface area contributed by atoms with E-state index in [-0.39, 0.29) is 24.0 Å². The van der Waals surface area contributed by atoms with Crippen LogP contribution in [0.15, 0.2) is 29.4 Å². The number of hydrogen-bond acceptors (Lipinski definition) is 4. The van der Waals surface area contributed by atoms with Crippen molar-refractivity contribution in [2.75, 3.05) is 20.1 Å². The molecule has 4 unspecified atom stereocenters. The first-order chi connectivity index (χ1) is 13.6. The van der Waals surface area contributed by atoms with Crippen LogP contribution in [-0.4, -0.2) is 58.0 Å². The van der Waals surface area contributed by atoms with Crippen molar-refractivity contribution in [2.24, 2.45) is 16.8 Å². The van der Waals surface area contributed by atoms with E-state index < -0.39 is 0 Å². The zero-order valence-corrected chi connectivity index (χ0v) is 19.5. The van der Waals surface area contributed by atoms with Gasteiger partial charge >= 0.3 is 0 Å². The van der Waals surface area contributed by atoms with E-state index in [2.05, 4.69) is 37.4 Å². The molecule has 2 aromatic rings. The SMILES string of the molecule is CN=C(NCc1ccc(-n2nc(C)cc2C)nc1)N1CC2C3CCC(O3)C2C1.I. The van der Waals surface area contributed by atoms with Gasteiger partial charge in [-0.25, -0.2) is 9.67 Å². The van der Waals surface area contributed by atoms with Crippen molar-refractivity contribution in [3.05, 3.63) is 41.3 Å². The number of rotatable bonds is 3. The van der Waals surface area contributed by atoms with E-state index in [1.807, 2.05) is 37.8 Å². The van der Waals surface area contributed by atoms with Gasteiger partial charge in [0.1, 0.15) is 0 Å². The number of aryl methyl sites for hydroxylation is 2. The third kappa shape index (κ3) is 3.76. The molecule has 3 fully saturated rings. The molecule has 5 heterocycles. The van der Waals surface area contributed by atoms with Crippen molar-refractivity contribution in [1.82, 2.24) is 25.0 Å². The van der Waals surface area contributed by atoms with E-state index in [1.165, 1.54) is 12.8 Å². The first kappa shape index (κ1) is 20.6. The van der Waals surface area contributed by atoms with E-state index in [4.69, 9.17) is 4.74 Å². The van der Waals surface area contributed by atoms with Gasteiger partial charge in [0.2, 0.25) is 0 Å². The van der Waals surface area contributed by atoms with Crippen LogP contribution in [-0.2, 0) is 11.3 Å². The Morgan fingerprint density at radius 3 is 2.48 bits per heavy atom. The Labute approximate surface area is 189 Å². The first-order valence-electron chi connectivity index (χ1n) is 10.2. The lowest BCUT2D eigenvalue weighted by Crippen LogP contribution is -2.41. The summed E-state index contributed by atoms with van der Waals surface area (Å²) >= 11 is 0. The number of ether oxygens (including phenoxy) is 1. The normalized spacial score (nSPS) is 27.8. The minimum atomic E-state index is 0. The lowest BCUT2D eigenvalue weighted by atomic mass is 9.82. The molecule has 3 aliphatic heterocycles. The van der Waals surface area contributed by atoms with Crippen LogP contribution in [0.3, 0.4) is 0 Å². The van der Waals surface area contributed by atoms with Crippen molar-refractivity contribution in [3.8, 4) is 5.82 Å². The summed E-state index contributed by atoms with van der Waals surface area (Å²) < 4.78 is 7.97. The van der Waals surface area contributed by atoms with Crippen LogP contribution in [0.25, 0.3) is 5.82 Å².